The van der Waals surface area contributed by atoms with E-state index < -0.39 is 0 Å². The first-order valence-corrected chi connectivity index (χ1v) is 6.25. The number of aromatic nitrogens is 2. The minimum Gasteiger partial charge on any atom is -0.494 e. The van der Waals surface area contributed by atoms with Crippen LogP contribution in [0.5, 0.6) is 5.75 Å². The fraction of sp³-hybridized carbons (Fsp3) is 0.357. The van der Waals surface area contributed by atoms with Gasteiger partial charge in [-0.2, -0.15) is 0 Å². The lowest BCUT2D eigenvalue weighted by Crippen LogP contribution is -2.11. The lowest BCUT2D eigenvalue weighted by atomic mass is 10.1. The predicted molar refractivity (Wildman–Crippen MR) is 72.8 cm³/mol. The summed E-state index contributed by atoms with van der Waals surface area (Å²) in [5, 5.41) is 3.14. The summed E-state index contributed by atoms with van der Waals surface area (Å²) >= 11 is 0. The molecule has 2 aromatic rings. The molecule has 0 bridgehead atoms. The Hall–Kier alpha value is -1.81. The highest BCUT2D eigenvalue weighted by Gasteiger charge is 2.07. The summed E-state index contributed by atoms with van der Waals surface area (Å²) in [6.45, 7) is 3.61. The van der Waals surface area contributed by atoms with Gasteiger partial charge >= 0.3 is 0 Å². The zero-order valence-corrected chi connectivity index (χ0v) is 10.9. The van der Waals surface area contributed by atoms with Gasteiger partial charge in [0.1, 0.15) is 5.75 Å². The van der Waals surface area contributed by atoms with Crippen molar-refractivity contribution in [3.05, 3.63) is 36.3 Å². The van der Waals surface area contributed by atoms with Crippen molar-refractivity contribution >= 4 is 0 Å². The highest BCUT2D eigenvalue weighted by atomic mass is 16.5. The third kappa shape index (κ3) is 2.90. The Morgan fingerprint density at radius 2 is 2.06 bits per heavy atom. The van der Waals surface area contributed by atoms with Gasteiger partial charge in [-0.25, -0.2) is 4.98 Å². The normalized spacial score (nSPS) is 10.6. The molecule has 4 nitrogen and oxygen atoms in total. The molecule has 1 aromatic heterocycles. The van der Waals surface area contributed by atoms with Gasteiger partial charge in [0.2, 0.25) is 0 Å². The Morgan fingerprint density at radius 1 is 1.28 bits per heavy atom. The summed E-state index contributed by atoms with van der Waals surface area (Å²) in [5.41, 5.74) is 3.30. The van der Waals surface area contributed by atoms with E-state index in [1.54, 1.807) is 6.33 Å². The van der Waals surface area contributed by atoms with Crippen LogP contribution in [0.3, 0.4) is 0 Å². The molecule has 0 aliphatic heterocycles. The zero-order chi connectivity index (χ0) is 12.8. The molecule has 0 fully saturated rings. The van der Waals surface area contributed by atoms with Gasteiger partial charge in [0.15, 0.2) is 0 Å². The van der Waals surface area contributed by atoms with Gasteiger partial charge in [-0.1, -0.05) is 0 Å². The second-order valence-corrected chi connectivity index (χ2v) is 4.04. The van der Waals surface area contributed by atoms with Crippen LogP contribution in [0.4, 0.5) is 0 Å². The van der Waals surface area contributed by atoms with Gasteiger partial charge in [-0.3, -0.25) is 0 Å². The Labute approximate surface area is 107 Å². The maximum absolute atomic E-state index is 5.44. The first-order valence-electron chi connectivity index (χ1n) is 6.25. The number of likely N-dealkylation sites (N-methyl/N-ethyl adjacent to an activating group) is 1. The minimum atomic E-state index is 0.690. The van der Waals surface area contributed by atoms with Crippen LogP contribution in [-0.2, 0) is 6.42 Å². The van der Waals surface area contributed by atoms with Crippen LogP contribution in [-0.4, -0.2) is 30.2 Å². The number of imidazole rings is 1. The molecule has 0 atom stereocenters. The Balaban J connectivity index is 2.17. The van der Waals surface area contributed by atoms with E-state index in [0.29, 0.717) is 6.61 Å². The number of ether oxygens (including phenoxy) is 1. The quantitative estimate of drug-likeness (QED) is 0.820. The highest BCUT2D eigenvalue weighted by molar-refractivity contribution is 5.62. The van der Waals surface area contributed by atoms with Gasteiger partial charge in [-0.05, 0) is 38.2 Å². The number of nitrogens with one attached hydrogen (secondary N) is 2. The van der Waals surface area contributed by atoms with Crippen LogP contribution in [0.1, 0.15) is 12.6 Å². The molecule has 4 heteroatoms. The molecule has 0 spiro atoms. The van der Waals surface area contributed by atoms with Crippen molar-refractivity contribution in [3.8, 4) is 17.0 Å². The molecule has 0 aliphatic rings. The second kappa shape index (κ2) is 6.21. The first kappa shape index (κ1) is 12.6. The van der Waals surface area contributed by atoms with Gasteiger partial charge in [0, 0.05) is 24.2 Å². The van der Waals surface area contributed by atoms with E-state index in [4.69, 9.17) is 4.74 Å². The molecule has 0 amide bonds. The van der Waals surface area contributed by atoms with Crippen LogP contribution in [0.2, 0.25) is 0 Å². The van der Waals surface area contributed by atoms with Crippen molar-refractivity contribution < 1.29 is 4.74 Å². The van der Waals surface area contributed by atoms with Gasteiger partial charge in [0.05, 0.1) is 18.6 Å². The average Bonchev–Trinajstić information content (AvgIpc) is 2.86. The SMILES string of the molecule is CCOc1ccc(-c2nc[nH]c2CCNC)cc1. The van der Waals surface area contributed by atoms with Crippen LogP contribution < -0.4 is 10.1 Å². The molecule has 2 N–H and O–H groups in total. The summed E-state index contributed by atoms with van der Waals surface area (Å²) in [7, 11) is 1.95. The van der Waals surface area contributed by atoms with E-state index in [2.05, 4.69) is 15.3 Å². The van der Waals surface area contributed by atoms with E-state index in [0.717, 1.165) is 35.7 Å². The van der Waals surface area contributed by atoms with E-state index in [1.807, 2.05) is 38.2 Å². The minimum absolute atomic E-state index is 0.690. The lowest BCUT2D eigenvalue weighted by molar-refractivity contribution is 0.340. The van der Waals surface area contributed by atoms with E-state index >= 15 is 0 Å². The van der Waals surface area contributed by atoms with Crippen molar-refractivity contribution in [2.45, 2.75) is 13.3 Å². The number of aromatic amines is 1. The molecule has 0 saturated carbocycles. The number of hydrogen-bond donors (Lipinski definition) is 2. The average molecular weight is 245 g/mol. The molecule has 18 heavy (non-hydrogen) atoms. The maximum atomic E-state index is 5.44. The first-order chi connectivity index (χ1) is 8.85. The van der Waals surface area contributed by atoms with Gasteiger partial charge in [-0.15, -0.1) is 0 Å². The summed E-state index contributed by atoms with van der Waals surface area (Å²) in [5.74, 6) is 0.897. The number of H-pyrrole nitrogens is 1. The van der Waals surface area contributed by atoms with Crippen LogP contribution >= 0.6 is 0 Å². The third-order valence-electron chi connectivity index (χ3n) is 2.78. The molecule has 0 saturated heterocycles. The van der Waals surface area contributed by atoms with Gasteiger partial charge in [0.25, 0.3) is 0 Å². The van der Waals surface area contributed by atoms with Crippen LogP contribution in [0.15, 0.2) is 30.6 Å². The van der Waals surface area contributed by atoms with E-state index in [1.165, 1.54) is 0 Å². The highest BCUT2D eigenvalue weighted by Crippen LogP contribution is 2.23. The zero-order valence-electron chi connectivity index (χ0n) is 10.9. The predicted octanol–water partition coefficient (Wildman–Crippen LogP) is 2.24. The Bertz CT molecular complexity index is 476. The molecule has 0 radical (unpaired) electrons. The third-order valence-corrected chi connectivity index (χ3v) is 2.78. The standard InChI is InChI=1S/C14H19N3O/c1-3-18-12-6-4-11(5-7-12)14-13(8-9-15-2)16-10-17-14/h4-7,10,15H,3,8-9H2,1-2H3,(H,16,17). The molecule has 1 aromatic carbocycles. The van der Waals surface area contributed by atoms with Crippen LogP contribution in [0.25, 0.3) is 11.3 Å². The van der Waals surface area contributed by atoms with Gasteiger partial charge < -0.3 is 15.0 Å². The summed E-state index contributed by atoms with van der Waals surface area (Å²) in [6.07, 6.45) is 2.69. The van der Waals surface area contributed by atoms with Crippen molar-refractivity contribution in [2.24, 2.45) is 0 Å². The van der Waals surface area contributed by atoms with Crippen molar-refractivity contribution in [1.82, 2.24) is 15.3 Å². The van der Waals surface area contributed by atoms with Crippen molar-refractivity contribution in [2.75, 3.05) is 20.2 Å². The Morgan fingerprint density at radius 3 is 2.72 bits per heavy atom. The smallest absolute Gasteiger partial charge is 0.119 e. The lowest BCUT2D eigenvalue weighted by Gasteiger charge is -2.05. The fourth-order valence-corrected chi connectivity index (χ4v) is 1.89. The molecular weight excluding hydrogens is 226 g/mol. The topological polar surface area (TPSA) is 49.9 Å². The molecule has 0 aliphatic carbocycles. The number of rotatable bonds is 6. The number of benzene rings is 1. The van der Waals surface area contributed by atoms with E-state index in [9.17, 15) is 0 Å². The number of hydrogen-bond acceptors (Lipinski definition) is 3. The van der Waals surface area contributed by atoms with Crippen LogP contribution in [0, 0.1) is 0 Å². The molecule has 0 unspecified atom stereocenters. The second-order valence-electron chi connectivity index (χ2n) is 4.04. The molecule has 2 rings (SSSR count). The van der Waals surface area contributed by atoms with Crippen molar-refractivity contribution in [3.63, 3.8) is 0 Å². The largest absolute Gasteiger partial charge is 0.494 e. The molecular formula is C14H19N3O. The van der Waals surface area contributed by atoms with E-state index in [-0.39, 0.29) is 0 Å². The summed E-state index contributed by atoms with van der Waals surface area (Å²) in [4.78, 5) is 7.59. The maximum Gasteiger partial charge on any atom is 0.119 e. The number of nitrogens with zero attached hydrogens (tertiary/aromatic N) is 1. The summed E-state index contributed by atoms with van der Waals surface area (Å²) < 4.78 is 5.44. The summed E-state index contributed by atoms with van der Waals surface area (Å²) in [6, 6.07) is 8.05. The Kier molecular flexibility index (Phi) is 4.36. The van der Waals surface area contributed by atoms with Crippen molar-refractivity contribution in [1.29, 1.82) is 0 Å². The molecule has 1 heterocycles. The fourth-order valence-electron chi connectivity index (χ4n) is 1.89. The monoisotopic (exact) mass is 245 g/mol. The molecule has 96 valence electrons.